The zero-order chi connectivity index (χ0) is 22.9. The van der Waals surface area contributed by atoms with Crippen LogP contribution in [0.5, 0.6) is 0 Å². The highest BCUT2D eigenvalue weighted by atomic mass is 35.5. The van der Waals surface area contributed by atoms with Crippen molar-refractivity contribution in [3.63, 3.8) is 0 Å². The minimum Gasteiger partial charge on any atom is -0.326 e. The Bertz CT molecular complexity index is 1530. The Hall–Kier alpha value is -4.21. The molecule has 6 rings (SSSR count). The Labute approximate surface area is 209 Å². The van der Waals surface area contributed by atoms with E-state index in [9.17, 15) is 5.26 Å². The number of nitrogens with zero attached hydrogens (tertiary/aromatic N) is 5. The van der Waals surface area contributed by atoms with Crippen LogP contribution in [0.1, 0.15) is 35.4 Å². The number of hydrogen-bond donors (Lipinski definition) is 1. The lowest BCUT2D eigenvalue weighted by Crippen LogP contribution is -1.99. The van der Waals surface area contributed by atoms with Gasteiger partial charge in [-0.05, 0) is 66.3 Å². The van der Waals surface area contributed by atoms with Crippen molar-refractivity contribution in [1.29, 1.82) is 5.26 Å². The van der Waals surface area contributed by atoms with E-state index in [0.717, 1.165) is 34.7 Å². The van der Waals surface area contributed by atoms with Gasteiger partial charge in [0, 0.05) is 18.3 Å². The van der Waals surface area contributed by atoms with Crippen molar-refractivity contribution in [2.24, 2.45) is 0 Å². The fraction of sp³-hybridized carbons (Fsp3) is 0.143. The zero-order valence-corrected chi connectivity index (χ0v) is 19.7. The summed E-state index contributed by atoms with van der Waals surface area (Å²) < 4.78 is 2.17. The Morgan fingerprint density at radius 1 is 0.943 bits per heavy atom. The van der Waals surface area contributed by atoms with Crippen molar-refractivity contribution in [1.82, 2.24) is 19.5 Å². The fourth-order valence-corrected chi connectivity index (χ4v) is 4.24. The lowest BCUT2D eigenvalue weighted by atomic mass is 10.1. The Morgan fingerprint density at radius 2 is 1.80 bits per heavy atom. The number of nitriles is 1. The van der Waals surface area contributed by atoms with Gasteiger partial charge in [-0.1, -0.05) is 36.4 Å². The molecule has 0 atom stereocenters. The van der Waals surface area contributed by atoms with Crippen LogP contribution in [0.15, 0.2) is 85.3 Å². The van der Waals surface area contributed by atoms with Crippen molar-refractivity contribution >= 4 is 35.1 Å². The highest BCUT2D eigenvalue weighted by molar-refractivity contribution is 5.85. The van der Waals surface area contributed by atoms with E-state index in [1.54, 1.807) is 18.3 Å². The quantitative estimate of drug-likeness (QED) is 0.303. The predicted octanol–water partition coefficient (Wildman–Crippen LogP) is 6.46. The highest BCUT2D eigenvalue weighted by Crippen LogP contribution is 2.42. The maximum Gasteiger partial charge on any atom is 0.132 e. The Balaban J connectivity index is 0.00000253. The van der Waals surface area contributed by atoms with Crippen molar-refractivity contribution in [3.8, 4) is 17.3 Å². The fourth-order valence-electron chi connectivity index (χ4n) is 4.24. The summed E-state index contributed by atoms with van der Waals surface area (Å²) in [6.45, 7) is 0.787. The van der Waals surface area contributed by atoms with Crippen LogP contribution in [0.2, 0.25) is 0 Å². The molecule has 0 radical (unpaired) electrons. The second-order valence-electron chi connectivity index (χ2n) is 8.67. The van der Waals surface area contributed by atoms with Gasteiger partial charge < -0.3 is 9.88 Å². The van der Waals surface area contributed by atoms with E-state index in [1.165, 1.54) is 24.0 Å². The minimum absolute atomic E-state index is 0. The number of halogens is 1. The number of imidazole rings is 1. The average molecular weight is 479 g/mol. The van der Waals surface area contributed by atoms with Gasteiger partial charge in [0.05, 0.1) is 34.7 Å². The topological polar surface area (TPSA) is 79.4 Å². The number of fused-ring (bicyclic) bond motifs is 1. The van der Waals surface area contributed by atoms with E-state index in [4.69, 9.17) is 4.98 Å². The molecule has 1 N–H and O–H groups in total. The third-order valence-corrected chi connectivity index (χ3v) is 6.15. The summed E-state index contributed by atoms with van der Waals surface area (Å²) >= 11 is 0. The van der Waals surface area contributed by atoms with Crippen LogP contribution in [0, 0.1) is 11.3 Å². The van der Waals surface area contributed by atoms with Gasteiger partial charge in [0.15, 0.2) is 0 Å². The summed E-state index contributed by atoms with van der Waals surface area (Å²) in [6.07, 6.45) is 5.94. The smallest absolute Gasteiger partial charge is 0.132 e. The van der Waals surface area contributed by atoms with Crippen LogP contribution in [0.25, 0.3) is 22.3 Å². The number of pyridine rings is 2. The number of nitrogens with one attached hydrogen (secondary N) is 1. The second kappa shape index (κ2) is 9.57. The van der Waals surface area contributed by atoms with Crippen LogP contribution < -0.4 is 5.32 Å². The molecule has 1 fully saturated rings. The van der Waals surface area contributed by atoms with Gasteiger partial charge in [0.2, 0.25) is 0 Å². The van der Waals surface area contributed by atoms with Crippen molar-refractivity contribution in [2.75, 3.05) is 5.32 Å². The first kappa shape index (κ1) is 22.6. The molecule has 172 valence electrons. The molecule has 5 aromatic rings. The number of rotatable bonds is 6. The van der Waals surface area contributed by atoms with Gasteiger partial charge in [-0.25, -0.2) is 15.0 Å². The van der Waals surface area contributed by atoms with Crippen molar-refractivity contribution < 1.29 is 0 Å². The van der Waals surface area contributed by atoms with Crippen molar-refractivity contribution in [3.05, 3.63) is 102 Å². The Kier molecular flexibility index (Phi) is 6.17. The summed E-state index contributed by atoms with van der Waals surface area (Å²) in [4.78, 5) is 13.9. The summed E-state index contributed by atoms with van der Waals surface area (Å²) in [5.41, 5.74) is 7.07. The van der Waals surface area contributed by atoms with Gasteiger partial charge in [-0.3, -0.25) is 0 Å². The van der Waals surface area contributed by atoms with Crippen LogP contribution in [-0.4, -0.2) is 19.5 Å². The maximum absolute atomic E-state index is 9.19. The molecule has 1 aliphatic rings. The van der Waals surface area contributed by atoms with E-state index < -0.39 is 0 Å². The SMILES string of the molecule is Cl.N#Cc1ccnc(Nc2cc(C3CC3)cc(-c3ccc4c(c3)ncn4Cc3ccccc3)n2)c1. The monoisotopic (exact) mass is 478 g/mol. The lowest BCUT2D eigenvalue weighted by molar-refractivity contribution is 0.824. The van der Waals surface area contributed by atoms with Crippen LogP contribution in [-0.2, 0) is 6.54 Å². The van der Waals surface area contributed by atoms with Gasteiger partial charge >= 0.3 is 0 Å². The molecule has 3 aromatic heterocycles. The normalized spacial score (nSPS) is 12.7. The predicted molar refractivity (Wildman–Crippen MR) is 140 cm³/mol. The summed E-state index contributed by atoms with van der Waals surface area (Å²) in [6, 6.07) is 26.6. The van der Waals surface area contributed by atoms with Gasteiger partial charge in [0.25, 0.3) is 0 Å². The molecule has 0 spiro atoms. The van der Waals surface area contributed by atoms with Crippen LogP contribution in [0.3, 0.4) is 0 Å². The molecule has 6 nitrogen and oxygen atoms in total. The third-order valence-electron chi connectivity index (χ3n) is 6.15. The lowest BCUT2D eigenvalue weighted by Gasteiger charge is -2.11. The molecule has 1 saturated carbocycles. The molecule has 0 saturated heterocycles. The van der Waals surface area contributed by atoms with E-state index in [1.807, 2.05) is 12.4 Å². The van der Waals surface area contributed by atoms with Gasteiger partial charge in [0.1, 0.15) is 11.6 Å². The second-order valence-corrected chi connectivity index (χ2v) is 8.67. The largest absolute Gasteiger partial charge is 0.326 e. The van der Waals surface area contributed by atoms with Crippen molar-refractivity contribution in [2.45, 2.75) is 25.3 Å². The zero-order valence-electron chi connectivity index (χ0n) is 18.9. The molecule has 1 aliphatic carbocycles. The van der Waals surface area contributed by atoms with E-state index in [0.29, 0.717) is 17.3 Å². The molecule has 2 aromatic carbocycles. The number of aromatic nitrogens is 4. The van der Waals surface area contributed by atoms with Crippen LogP contribution >= 0.6 is 12.4 Å². The minimum atomic E-state index is 0. The summed E-state index contributed by atoms with van der Waals surface area (Å²) in [5.74, 6) is 1.92. The number of hydrogen-bond acceptors (Lipinski definition) is 5. The maximum atomic E-state index is 9.19. The number of benzene rings is 2. The molecule has 0 unspecified atom stereocenters. The van der Waals surface area contributed by atoms with Gasteiger partial charge in [-0.15, -0.1) is 12.4 Å². The molecule has 0 amide bonds. The summed E-state index contributed by atoms with van der Waals surface area (Å²) in [7, 11) is 0. The summed E-state index contributed by atoms with van der Waals surface area (Å²) in [5, 5.41) is 12.5. The standard InChI is InChI=1S/C28H22N6.ClH/c29-16-20-10-11-30-27(12-20)33-28-15-23(21-6-7-21)14-24(32-28)22-8-9-26-25(13-22)31-18-34(26)17-19-4-2-1-3-5-19;/h1-5,8-15,18,21H,6-7,17H2,(H,30,32,33);1H. The highest BCUT2D eigenvalue weighted by Gasteiger charge is 2.25. The first-order valence-electron chi connectivity index (χ1n) is 11.4. The van der Waals surface area contributed by atoms with E-state index >= 15 is 0 Å². The van der Waals surface area contributed by atoms with Gasteiger partial charge in [-0.2, -0.15) is 5.26 Å². The first-order chi connectivity index (χ1) is 16.7. The van der Waals surface area contributed by atoms with E-state index in [-0.39, 0.29) is 12.4 Å². The molecule has 0 aliphatic heterocycles. The molecular formula is C28H23ClN6. The first-order valence-corrected chi connectivity index (χ1v) is 11.4. The van der Waals surface area contributed by atoms with E-state index in [2.05, 4.69) is 80.5 Å². The third kappa shape index (κ3) is 4.86. The molecule has 7 heteroatoms. The molecular weight excluding hydrogens is 456 g/mol. The Morgan fingerprint density at radius 3 is 2.60 bits per heavy atom. The molecule has 35 heavy (non-hydrogen) atoms. The number of anilines is 2. The average Bonchev–Trinajstić information content (AvgIpc) is 3.66. The molecule has 0 bridgehead atoms. The van der Waals surface area contributed by atoms with Crippen LogP contribution in [0.4, 0.5) is 11.6 Å². The molecule has 3 heterocycles.